The van der Waals surface area contributed by atoms with Gasteiger partial charge in [-0.05, 0) is 24.1 Å². The second kappa shape index (κ2) is 6.30. The number of piperazine rings is 1. The molecule has 1 unspecified atom stereocenters. The van der Waals surface area contributed by atoms with E-state index in [4.69, 9.17) is 0 Å². The third-order valence-electron chi connectivity index (χ3n) is 4.34. The van der Waals surface area contributed by atoms with Crippen molar-refractivity contribution in [1.29, 1.82) is 0 Å². The number of aromatic nitrogens is 1. The number of aryl methyl sites for hydroxylation is 1. The number of nitrogens with one attached hydrogen (secondary N) is 1. The fourth-order valence-corrected chi connectivity index (χ4v) is 4.08. The van der Waals surface area contributed by atoms with Crippen LogP contribution in [0.4, 0.5) is 0 Å². The molecule has 4 nitrogen and oxygen atoms in total. The van der Waals surface area contributed by atoms with Gasteiger partial charge in [-0.2, -0.15) is 0 Å². The Morgan fingerprint density at radius 1 is 1.43 bits per heavy atom. The molecule has 5 heteroatoms. The van der Waals surface area contributed by atoms with Gasteiger partial charge in [-0.15, -0.1) is 0 Å². The molecule has 1 N–H and O–H groups in total. The van der Waals surface area contributed by atoms with Gasteiger partial charge in [-0.3, -0.25) is 9.69 Å². The summed E-state index contributed by atoms with van der Waals surface area (Å²) in [6.07, 6.45) is 2.47. The Balaban J connectivity index is 1.81. The minimum absolute atomic E-state index is 0.119. The Kier molecular flexibility index (Phi) is 4.42. The quantitative estimate of drug-likeness (QED) is 0.941. The standard InChI is InChI=1S/C16H23N3OS/c1-3-4-13-10-17-7-8-19(13)11-12-5-6-14-15(9-12)21-16(20)18(14)2/h5-6,9,13,17H,3-4,7-8,10-11H2,1-2H3. The van der Waals surface area contributed by atoms with Crippen molar-refractivity contribution in [3.63, 3.8) is 0 Å². The first-order chi connectivity index (χ1) is 10.2. The summed E-state index contributed by atoms with van der Waals surface area (Å²) in [4.78, 5) is 14.4. The number of fused-ring (bicyclic) bond motifs is 1. The molecule has 1 aromatic carbocycles. The van der Waals surface area contributed by atoms with E-state index in [9.17, 15) is 4.79 Å². The SMILES string of the molecule is CCCC1CNCCN1Cc1ccc2c(c1)sc(=O)n2C. The smallest absolute Gasteiger partial charge is 0.307 e. The maximum Gasteiger partial charge on any atom is 0.307 e. The lowest BCUT2D eigenvalue weighted by molar-refractivity contribution is 0.144. The first-order valence-corrected chi connectivity index (χ1v) is 8.54. The molecular weight excluding hydrogens is 282 g/mol. The van der Waals surface area contributed by atoms with Crippen molar-refractivity contribution < 1.29 is 0 Å². The molecular formula is C16H23N3OS. The Labute approximate surface area is 129 Å². The van der Waals surface area contributed by atoms with Crippen molar-refractivity contribution in [3.05, 3.63) is 33.4 Å². The molecule has 114 valence electrons. The van der Waals surface area contributed by atoms with Crippen LogP contribution >= 0.6 is 11.3 Å². The van der Waals surface area contributed by atoms with E-state index >= 15 is 0 Å². The van der Waals surface area contributed by atoms with Gasteiger partial charge in [0.2, 0.25) is 0 Å². The summed E-state index contributed by atoms with van der Waals surface area (Å²) in [6.45, 7) is 6.50. The lowest BCUT2D eigenvalue weighted by Gasteiger charge is -2.36. The van der Waals surface area contributed by atoms with E-state index in [2.05, 4.69) is 35.3 Å². The van der Waals surface area contributed by atoms with Crippen molar-refractivity contribution >= 4 is 21.6 Å². The van der Waals surface area contributed by atoms with Crippen LogP contribution in [0.25, 0.3) is 10.2 Å². The maximum atomic E-state index is 11.7. The monoisotopic (exact) mass is 305 g/mol. The first-order valence-electron chi connectivity index (χ1n) is 7.72. The van der Waals surface area contributed by atoms with Crippen molar-refractivity contribution in [2.45, 2.75) is 32.4 Å². The minimum atomic E-state index is 0.119. The summed E-state index contributed by atoms with van der Waals surface area (Å²) in [5, 5.41) is 3.49. The average molecular weight is 305 g/mol. The zero-order valence-electron chi connectivity index (χ0n) is 12.8. The second-order valence-electron chi connectivity index (χ2n) is 5.85. The molecule has 3 rings (SSSR count). The largest absolute Gasteiger partial charge is 0.314 e. The molecule has 1 saturated heterocycles. The molecule has 1 aromatic heterocycles. The summed E-state index contributed by atoms with van der Waals surface area (Å²) in [5.74, 6) is 0. The molecule has 1 atom stereocenters. The number of hydrogen-bond donors (Lipinski definition) is 1. The highest BCUT2D eigenvalue weighted by molar-refractivity contribution is 7.16. The number of benzene rings is 1. The van der Waals surface area contributed by atoms with Crippen molar-refractivity contribution in [2.75, 3.05) is 19.6 Å². The van der Waals surface area contributed by atoms with Crippen LogP contribution in [0.5, 0.6) is 0 Å². The van der Waals surface area contributed by atoms with Crippen molar-refractivity contribution in [2.24, 2.45) is 7.05 Å². The van der Waals surface area contributed by atoms with Crippen LogP contribution in [-0.2, 0) is 13.6 Å². The molecule has 2 heterocycles. The van der Waals surface area contributed by atoms with Crippen LogP contribution in [0, 0.1) is 0 Å². The van der Waals surface area contributed by atoms with E-state index in [1.807, 2.05) is 7.05 Å². The average Bonchev–Trinajstić information content (AvgIpc) is 2.76. The Morgan fingerprint density at radius 3 is 3.10 bits per heavy atom. The summed E-state index contributed by atoms with van der Waals surface area (Å²) in [7, 11) is 1.84. The van der Waals surface area contributed by atoms with Gasteiger partial charge in [-0.25, -0.2) is 0 Å². The van der Waals surface area contributed by atoms with Gasteiger partial charge in [0.05, 0.1) is 10.2 Å². The molecule has 2 aromatic rings. The molecule has 0 bridgehead atoms. The molecule has 1 aliphatic rings. The number of nitrogens with zero attached hydrogens (tertiary/aromatic N) is 2. The van der Waals surface area contributed by atoms with E-state index in [-0.39, 0.29) is 4.87 Å². The van der Waals surface area contributed by atoms with Gasteiger partial charge in [0.25, 0.3) is 0 Å². The van der Waals surface area contributed by atoms with Gasteiger partial charge < -0.3 is 9.88 Å². The third kappa shape index (κ3) is 3.05. The van der Waals surface area contributed by atoms with Crippen LogP contribution in [-0.4, -0.2) is 35.1 Å². The van der Waals surface area contributed by atoms with Gasteiger partial charge in [0.1, 0.15) is 0 Å². The highest BCUT2D eigenvalue weighted by Gasteiger charge is 2.21. The number of rotatable bonds is 4. The second-order valence-corrected chi connectivity index (χ2v) is 6.84. The van der Waals surface area contributed by atoms with E-state index < -0.39 is 0 Å². The molecule has 0 radical (unpaired) electrons. The third-order valence-corrected chi connectivity index (χ3v) is 5.33. The normalized spacial score (nSPS) is 20.2. The van der Waals surface area contributed by atoms with Crippen LogP contribution < -0.4 is 10.2 Å². The predicted molar refractivity (Wildman–Crippen MR) is 89.0 cm³/mol. The Hall–Kier alpha value is -1.17. The van der Waals surface area contributed by atoms with Crippen molar-refractivity contribution in [3.8, 4) is 0 Å². The summed E-state index contributed by atoms with van der Waals surface area (Å²) >= 11 is 1.34. The highest BCUT2D eigenvalue weighted by atomic mass is 32.1. The molecule has 0 aliphatic carbocycles. The van der Waals surface area contributed by atoms with E-state index in [1.165, 1.54) is 29.7 Å². The van der Waals surface area contributed by atoms with Gasteiger partial charge in [0, 0.05) is 39.3 Å². The minimum Gasteiger partial charge on any atom is -0.314 e. The number of thiazole rings is 1. The van der Waals surface area contributed by atoms with Crippen LogP contribution in [0.2, 0.25) is 0 Å². The van der Waals surface area contributed by atoms with Gasteiger partial charge >= 0.3 is 4.87 Å². The molecule has 0 spiro atoms. The van der Waals surface area contributed by atoms with Crippen LogP contribution in [0.1, 0.15) is 25.3 Å². The zero-order chi connectivity index (χ0) is 14.8. The Morgan fingerprint density at radius 2 is 2.29 bits per heavy atom. The molecule has 0 amide bonds. The maximum absolute atomic E-state index is 11.7. The van der Waals surface area contributed by atoms with Gasteiger partial charge in [0.15, 0.2) is 0 Å². The lowest BCUT2D eigenvalue weighted by atomic mass is 10.1. The fraction of sp³-hybridized carbons (Fsp3) is 0.562. The zero-order valence-corrected chi connectivity index (χ0v) is 13.6. The van der Waals surface area contributed by atoms with Crippen LogP contribution in [0.3, 0.4) is 0 Å². The highest BCUT2D eigenvalue weighted by Crippen LogP contribution is 2.21. The molecule has 1 aliphatic heterocycles. The Bertz CT molecular complexity index is 674. The van der Waals surface area contributed by atoms with Crippen molar-refractivity contribution in [1.82, 2.24) is 14.8 Å². The predicted octanol–water partition coefficient (Wildman–Crippen LogP) is 2.17. The topological polar surface area (TPSA) is 37.3 Å². The van der Waals surface area contributed by atoms with Crippen LogP contribution in [0.15, 0.2) is 23.0 Å². The summed E-state index contributed by atoms with van der Waals surface area (Å²) < 4.78 is 2.83. The van der Waals surface area contributed by atoms with Gasteiger partial charge in [-0.1, -0.05) is 30.7 Å². The summed E-state index contributed by atoms with van der Waals surface area (Å²) in [6, 6.07) is 7.07. The number of hydrogen-bond acceptors (Lipinski definition) is 4. The van der Waals surface area contributed by atoms with E-state index in [0.29, 0.717) is 6.04 Å². The summed E-state index contributed by atoms with van der Waals surface area (Å²) in [5.41, 5.74) is 2.35. The van der Waals surface area contributed by atoms with E-state index in [0.717, 1.165) is 36.4 Å². The molecule has 21 heavy (non-hydrogen) atoms. The molecule has 1 fully saturated rings. The first kappa shape index (κ1) is 14.8. The fourth-order valence-electron chi connectivity index (χ4n) is 3.14. The molecule has 0 saturated carbocycles. The lowest BCUT2D eigenvalue weighted by Crippen LogP contribution is -2.50. The van der Waals surface area contributed by atoms with E-state index in [1.54, 1.807) is 4.57 Å².